The highest BCUT2D eigenvalue weighted by Crippen LogP contribution is 2.22. The van der Waals surface area contributed by atoms with Crippen LogP contribution in [-0.4, -0.2) is 51.6 Å². The number of carbonyl (C=O) groups is 2. The van der Waals surface area contributed by atoms with Gasteiger partial charge in [-0.2, -0.15) is 15.4 Å². The Morgan fingerprint density at radius 3 is 2.59 bits per heavy atom. The van der Waals surface area contributed by atoms with Crippen LogP contribution in [0, 0.1) is 11.7 Å². The third-order valence-electron chi connectivity index (χ3n) is 4.99. The molecule has 32 heavy (non-hydrogen) atoms. The Morgan fingerprint density at radius 1 is 1.19 bits per heavy atom. The second kappa shape index (κ2) is 11.1. The number of H-pyrrole nitrogens is 1. The predicted molar refractivity (Wildman–Crippen MR) is 115 cm³/mol. The van der Waals surface area contributed by atoms with Crippen LogP contribution >= 0.6 is 0 Å². The van der Waals surface area contributed by atoms with Crippen LogP contribution in [0.15, 0.2) is 54.7 Å². The first-order valence-electron chi connectivity index (χ1n) is 10.3. The van der Waals surface area contributed by atoms with Crippen molar-refractivity contribution < 1.29 is 23.8 Å². The van der Waals surface area contributed by atoms with Gasteiger partial charge in [-0.25, -0.2) is 4.39 Å². The maximum Gasteiger partial charge on any atom is 0.311 e. The molecule has 8 nitrogen and oxygen atoms in total. The van der Waals surface area contributed by atoms with Crippen LogP contribution in [0.4, 0.5) is 4.39 Å². The van der Waals surface area contributed by atoms with Crippen LogP contribution in [0.25, 0.3) is 11.1 Å². The molecule has 2 aromatic carbocycles. The van der Waals surface area contributed by atoms with E-state index in [4.69, 9.17) is 4.74 Å². The maximum atomic E-state index is 13.5. The number of halogens is 1. The lowest BCUT2D eigenvalue weighted by Crippen LogP contribution is -2.40. The van der Waals surface area contributed by atoms with E-state index < -0.39 is 30.4 Å². The van der Waals surface area contributed by atoms with E-state index >= 15 is 0 Å². The van der Waals surface area contributed by atoms with Crippen molar-refractivity contribution in [3.05, 3.63) is 71.8 Å². The number of amides is 1. The minimum Gasteiger partial charge on any atom is -0.466 e. The average molecular weight is 440 g/mol. The van der Waals surface area contributed by atoms with Crippen LogP contribution < -0.4 is 5.32 Å². The number of benzene rings is 2. The molecule has 9 heteroatoms. The molecule has 0 bridgehead atoms. The molecule has 2 atom stereocenters. The monoisotopic (exact) mass is 440 g/mol. The van der Waals surface area contributed by atoms with Crippen molar-refractivity contribution in [2.45, 2.75) is 25.8 Å². The molecule has 0 saturated carbocycles. The Hall–Kier alpha value is -3.59. The number of nitrogens with one attached hydrogen (secondary N) is 2. The van der Waals surface area contributed by atoms with Crippen molar-refractivity contribution in [2.75, 3.05) is 13.2 Å². The van der Waals surface area contributed by atoms with Gasteiger partial charge in [0.25, 0.3) is 5.91 Å². The molecule has 3 rings (SSSR count). The van der Waals surface area contributed by atoms with Crippen molar-refractivity contribution in [3.8, 4) is 11.1 Å². The summed E-state index contributed by atoms with van der Waals surface area (Å²) in [5.41, 5.74) is 2.63. The van der Waals surface area contributed by atoms with E-state index in [-0.39, 0.29) is 24.5 Å². The van der Waals surface area contributed by atoms with E-state index in [2.05, 4.69) is 20.7 Å². The van der Waals surface area contributed by atoms with Crippen molar-refractivity contribution in [1.29, 1.82) is 0 Å². The Labute approximate surface area is 184 Å². The predicted octanol–water partition coefficient (Wildman–Crippen LogP) is 2.51. The second-order valence-electron chi connectivity index (χ2n) is 7.30. The summed E-state index contributed by atoms with van der Waals surface area (Å²) >= 11 is 0. The Balaban J connectivity index is 1.76. The number of carbonyl (C=O) groups excluding carboxylic acids is 2. The molecule has 0 saturated heterocycles. The molecule has 0 fully saturated rings. The van der Waals surface area contributed by atoms with Gasteiger partial charge in [-0.05, 0) is 48.6 Å². The van der Waals surface area contributed by atoms with Gasteiger partial charge in [-0.1, -0.05) is 36.4 Å². The molecule has 3 aromatic rings. The molecule has 3 N–H and O–H groups in total. The summed E-state index contributed by atoms with van der Waals surface area (Å²) in [7, 11) is 0. The number of aromatic nitrogens is 3. The standard InChI is InChI=1S/C23H25FN4O4/c1-2-32-23(31)18(14-29)12-20(26-22(30)21-13-25-28-27-21)10-15-6-8-16(9-7-15)17-4-3-5-19(24)11-17/h3-9,11,13,18,20,29H,2,10,12,14H2,1H3,(H,26,30)(H,25,27,28)/t18-,20+/m0/s1. The summed E-state index contributed by atoms with van der Waals surface area (Å²) in [6, 6.07) is 13.4. The lowest BCUT2D eigenvalue weighted by Gasteiger charge is -2.22. The van der Waals surface area contributed by atoms with Gasteiger partial charge in [0, 0.05) is 6.04 Å². The zero-order chi connectivity index (χ0) is 22.9. The summed E-state index contributed by atoms with van der Waals surface area (Å²) in [6.45, 7) is 1.50. The molecule has 0 aliphatic heterocycles. The zero-order valence-electron chi connectivity index (χ0n) is 17.6. The van der Waals surface area contributed by atoms with Gasteiger partial charge >= 0.3 is 5.97 Å². The van der Waals surface area contributed by atoms with Crippen LogP contribution in [0.5, 0.6) is 0 Å². The SMILES string of the molecule is CCOC(=O)[C@H](CO)C[C@@H](Cc1ccc(-c2cccc(F)c2)cc1)NC(=O)c1cn[nH]n1. The summed E-state index contributed by atoms with van der Waals surface area (Å²) in [5.74, 6) is -2.04. The van der Waals surface area contributed by atoms with Crippen LogP contribution in [0.1, 0.15) is 29.4 Å². The first-order valence-corrected chi connectivity index (χ1v) is 10.3. The maximum absolute atomic E-state index is 13.5. The first kappa shape index (κ1) is 23.1. The highest BCUT2D eigenvalue weighted by atomic mass is 19.1. The summed E-state index contributed by atoms with van der Waals surface area (Å²) in [6.07, 6.45) is 1.89. The lowest BCUT2D eigenvalue weighted by atomic mass is 9.94. The summed E-state index contributed by atoms with van der Waals surface area (Å²) < 4.78 is 18.5. The number of aromatic amines is 1. The van der Waals surface area contributed by atoms with E-state index in [0.29, 0.717) is 6.42 Å². The van der Waals surface area contributed by atoms with Crippen molar-refractivity contribution in [1.82, 2.24) is 20.7 Å². The van der Waals surface area contributed by atoms with Gasteiger partial charge in [0.15, 0.2) is 5.69 Å². The van der Waals surface area contributed by atoms with Crippen LogP contribution in [0.2, 0.25) is 0 Å². The smallest absolute Gasteiger partial charge is 0.311 e. The molecule has 0 unspecified atom stereocenters. The fraction of sp³-hybridized carbons (Fsp3) is 0.304. The number of aliphatic hydroxyl groups is 1. The van der Waals surface area contributed by atoms with E-state index in [0.717, 1.165) is 16.7 Å². The zero-order valence-corrected chi connectivity index (χ0v) is 17.6. The van der Waals surface area contributed by atoms with Gasteiger partial charge in [0.2, 0.25) is 0 Å². The number of nitrogens with zero attached hydrogens (tertiary/aromatic N) is 2. The quantitative estimate of drug-likeness (QED) is 0.417. The summed E-state index contributed by atoms with van der Waals surface area (Å²) in [5, 5.41) is 22.3. The van der Waals surface area contributed by atoms with Gasteiger partial charge in [0.1, 0.15) is 5.82 Å². The highest BCUT2D eigenvalue weighted by molar-refractivity contribution is 5.92. The molecule has 1 heterocycles. The van der Waals surface area contributed by atoms with Crippen molar-refractivity contribution in [2.24, 2.45) is 5.92 Å². The minimum atomic E-state index is -0.774. The number of hydrogen-bond donors (Lipinski definition) is 3. The van der Waals surface area contributed by atoms with Crippen LogP contribution in [0.3, 0.4) is 0 Å². The second-order valence-corrected chi connectivity index (χ2v) is 7.30. The largest absolute Gasteiger partial charge is 0.466 e. The highest BCUT2D eigenvalue weighted by Gasteiger charge is 2.26. The van der Waals surface area contributed by atoms with Gasteiger partial charge < -0.3 is 15.2 Å². The fourth-order valence-electron chi connectivity index (χ4n) is 3.40. The number of hydrogen-bond acceptors (Lipinski definition) is 6. The molecule has 1 amide bonds. The molecule has 168 valence electrons. The van der Waals surface area contributed by atoms with Gasteiger partial charge in [-0.3, -0.25) is 9.59 Å². The van der Waals surface area contributed by atoms with E-state index in [1.165, 1.54) is 18.3 Å². The normalized spacial score (nSPS) is 12.7. The van der Waals surface area contributed by atoms with Crippen molar-refractivity contribution >= 4 is 11.9 Å². The third-order valence-corrected chi connectivity index (χ3v) is 4.99. The van der Waals surface area contributed by atoms with Crippen molar-refractivity contribution in [3.63, 3.8) is 0 Å². The van der Waals surface area contributed by atoms with Crippen LogP contribution in [-0.2, 0) is 16.0 Å². The first-order chi connectivity index (χ1) is 15.5. The molecule has 0 aliphatic carbocycles. The van der Waals surface area contributed by atoms with E-state index in [1.54, 1.807) is 13.0 Å². The molecule has 1 aromatic heterocycles. The number of ether oxygens (including phenoxy) is 1. The molecule has 0 radical (unpaired) electrons. The van der Waals surface area contributed by atoms with E-state index in [9.17, 15) is 19.1 Å². The lowest BCUT2D eigenvalue weighted by molar-refractivity contribution is -0.149. The number of aliphatic hydroxyl groups excluding tert-OH is 1. The topological polar surface area (TPSA) is 117 Å². The molecular formula is C23H25FN4O4. The summed E-state index contributed by atoms with van der Waals surface area (Å²) in [4.78, 5) is 24.6. The Bertz CT molecular complexity index is 1020. The number of esters is 1. The Kier molecular flexibility index (Phi) is 8.04. The minimum absolute atomic E-state index is 0.119. The fourth-order valence-corrected chi connectivity index (χ4v) is 3.40. The van der Waals surface area contributed by atoms with Gasteiger partial charge in [0.05, 0.1) is 25.3 Å². The van der Waals surface area contributed by atoms with E-state index in [1.807, 2.05) is 30.3 Å². The average Bonchev–Trinajstić information content (AvgIpc) is 3.33. The Morgan fingerprint density at radius 2 is 1.97 bits per heavy atom. The third kappa shape index (κ3) is 6.21. The number of rotatable bonds is 10. The molecule has 0 aliphatic rings. The molecule has 0 spiro atoms. The molecular weight excluding hydrogens is 415 g/mol. The van der Waals surface area contributed by atoms with Gasteiger partial charge in [-0.15, -0.1) is 0 Å².